The van der Waals surface area contributed by atoms with Crippen LogP contribution in [0.5, 0.6) is 0 Å². The van der Waals surface area contributed by atoms with Crippen molar-refractivity contribution in [3.8, 4) is 0 Å². The maximum atomic E-state index is 13.1. The summed E-state index contributed by atoms with van der Waals surface area (Å²) in [7, 11) is 0. The largest absolute Gasteiger partial charge is 0.283 e. The number of benzene rings is 3. The summed E-state index contributed by atoms with van der Waals surface area (Å²) in [6, 6.07) is 27.7. The van der Waals surface area contributed by atoms with Crippen molar-refractivity contribution in [2.24, 2.45) is 0 Å². The van der Waals surface area contributed by atoms with Crippen molar-refractivity contribution < 1.29 is 9.59 Å². The molecule has 4 heteroatoms. The molecule has 1 aliphatic heterocycles. The fraction of sp³-hybridized carbons (Fsp3) is 0. The third kappa shape index (κ3) is 2.78. The van der Waals surface area contributed by atoms with E-state index in [1.807, 2.05) is 91.0 Å². The standard InChI is InChI=1S/C22H16N2O2/c25-21-20(16-17-10-4-1-5-11-17)22(26)24(19-14-8-3-9-15-19)23(21)18-12-6-2-7-13-18/h1-16H. The molecule has 4 nitrogen and oxygen atoms in total. The highest BCUT2D eigenvalue weighted by Crippen LogP contribution is 2.32. The highest BCUT2D eigenvalue weighted by Gasteiger charge is 2.42. The number of para-hydroxylation sites is 2. The maximum absolute atomic E-state index is 13.1. The molecule has 0 atom stereocenters. The van der Waals surface area contributed by atoms with E-state index < -0.39 is 0 Å². The lowest BCUT2D eigenvalue weighted by atomic mass is 10.1. The zero-order chi connectivity index (χ0) is 17.9. The second kappa shape index (κ2) is 6.69. The van der Waals surface area contributed by atoms with E-state index in [0.717, 1.165) is 5.56 Å². The molecule has 0 bridgehead atoms. The van der Waals surface area contributed by atoms with Crippen molar-refractivity contribution in [3.05, 3.63) is 102 Å². The molecule has 0 radical (unpaired) electrons. The van der Waals surface area contributed by atoms with Crippen LogP contribution in [0.1, 0.15) is 5.56 Å². The van der Waals surface area contributed by atoms with Gasteiger partial charge in [0.05, 0.1) is 11.4 Å². The number of nitrogens with zero attached hydrogens (tertiary/aromatic N) is 2. The number of hydrogen-bond donors (Lipinski definition) is 0. The van der Waals surface area contributed by atoms with Gasteiger partial charge in [-0.3, -0.25) is 9.59 Å². The summed E-state index contributed by atoms with van der Waals surface area (Å²) in [5.41, 5.74) is 2.24. The molecule has 0 aromatic heterocycles. The van der Waals surface area contributed by atoms with Crippen molar-refractivity contribution in [2.75, 3.05) is 10.0 Å². The van der Waals surface area contributed by atoms with Crippen molar-refractivity contribution in [2.45, 2.75) is 0 Å². The first kappa shape index (κ1) is 15.8. The van der Waals surface area contributed by atoms with Crippen LogP contribution in [0.15, 0.2) is 96.6 Å². The van der Waals surface area contributed by atoms with Crippen LogP contribution in [0.25, 0.3) is 6.08 Å². The van der Waals surface area contributed by atoms with Crippen LogP contribution in [0.3, 0.4) is 0 Å². The lowest BCUT2D eigenvalue weighted by Gasteiger charge is -2.27. The summed E-state index contributed by atoms with van der Waals surface area (Å²) in [5.74, 6) is -0.678. The Bertz CT molecular complexity index is 907. The minimum Gasteiger partial charge on any atom is -0.267 e. The number of carbonyl (C=O) groups excluding carboxylic acids is 2. The minimum atomic E-state index is -0.339. The molecule has 0 N–H and O–H groups in total. The van der Waals surface area contributed by atoms with Gasteiger partial charge in [-0.1, -0.05) is 66.7 Å². The van der Waals surface area contributed by atoms with Gasteiger partial charge in [-0.2, -0.15) is 0 Å². The third-order valence-corrected chi connectivity index (χ3v) is 4.16. The second-order valence-corrected chi connectivity index (χ2v) is 5.87. The van der Waals surface area contributed by atoms with Crippen LogP contribution in [-0.2, 0) is 9.59 Å². The van der Waals surface area contributed by atoms with E-state index in [9.17, 15) is 9.59 Å². The Kier molecular flexibility index (Phi) is 4.07. The summed E-state index contributed by atoms with van der Waals surface area (Å²) in [4.78, 5) is 26.2. The normalized spacial score (nSPS) is 14.1. The molecule has 26 heavy (non-hydrogen) atoms. The molecule has 0 saturated carbocycles. The smallest absolute Gasteiger partial charge is 0.267 e. The van der Waals surface area contributed by atoms with Gasteiger partial charge in [-0.15, -0.1) is 0 Å². The SMILES string of the molecule is O=C1C(=Cc2ccccc2)C(=O)N(c2ccccc2)N1c1ccccc1. The van der Waals surface area contributed by atoms with Crippen LogP contribution in [0.2, 0.25) is 0 Å². The minimum absolute atomic E-state index is 0.143. The molecule has 0 unspecified atom stereocenters. The lowest BCUT2D eigenvalue weighted by Crippen LogP contribution is -2.41. The van der Waals surface area contributed by atoms with Crippen LogP contribution < -0.4 is 10.0 Å². The highest BCUT2D eigenvalue weighted by atomic mass is 16.2. The number of hydrazine groups is 1. The van der Waals surface area contributed by atoms with Gasteiger partial charge in [0.25, 0.3) is 11.8 Å². The van der Waals surface area contributed by atoms with E-state index in [0.29, 0.717) is 11.4 Å². The topological polar surface area (TPSA) is 40.6 Å². The van der Waals surface area contributed by atoms with Crippen molar-refractivity contribution >= 4 is 29.3 Å². The van der Waals surface area contributed by atoms with Gasteiger partial charge in [0.1, 0.15) is 5.57 Å². The van der Waals surface area contributed by atoms with Gasteiger partial charge in [0.15, 0.2) is 0 Å². The van der Waals surface area contributed by atoms with Crippen LogP contribution in [-0.4, -0.2) is 11.8 Å². The predicted octanol–water partition coefficient (Wildman–Crippen LogP) is 4.07. The predicted molar refractivity (Wildman–Crippen MR) is 102 cm³/mol. The van der Waals surface area contributed by atoms with Gasteiger partial charge in [0, 0.05) is 0 Å². The van der Waals surface area contributed by atoms with Crippen molar-refractivity contribution in [1.29, 1.82) is 0 Å². The lowest BCUT2D eigenvalue weighted by molar-refractivity contribution is -0.116. The fourth-order valence-electron chi connectivity index (χ4n) is 2.94. The Hall–Kier alpha value is -3.66. The van der Waals surface area contributed by atoms with Crippen LogP contribution in [0.4, 0.5) is 11.4 Å². The van der Waals surface area contributed by atoms with Crippen LogP contribution in [0, 0.1) is 0 Å². The average Bonchev–Trinajstić information content (AvgIpc) is 2.95. The number of carbonyl (C=O) groups is 2. The van der Waals surface area contributed by atoms with E-state index in [2.05, 4.69) is 0 Å². The Morgan fingerprint density at radius 3 is 1.35 bits per heavy atom. The van der Waals surface area contributed by atoms with Crippen molar-refractivity contribution in [1.82, 2.24) is 0 Å². The molecule has 1 aliphatic rings. The maximum Gasteiger partial charge on any atom is 0.283 e. The number of amides is 2. The summed E-state index contributed by atoms with van der Waals surface area (Å²) >= 11 is 0. The molecule has 1 saturated heterocycles. The van der Waals surface area contributed by atoms with E-state index in [1.165, 1.54) is 10.0 Å². The molecule has 1 heterocycles. The van der Waals surface area contributed by atoms with E-state index in [-0.39, 0.29) is 17.4 Å². The average molecular weight is 340 g/mol. The Morgan fingerprint density at radius 1 is 0.538 bits per heavy atom. The van der Waals surface area contributed by atoms with Gasteiger partial charge in [-0.25, -0.2) is 10.0 Å². The quantitative estimate of drug-likeness (QED) is 0.533. The van der Waals surface area contributed by atoms with E-state index in [4.69, 9.17) is 0 Å². The zero-order valence-corrected chi connectivity index (χ0v) is 13.9. The Morgan fingerprint density at radius 2 is 0.923 bits per heavy atom. The Balaban J connectivity index is 1.84. The molecular formula is C22H16N2O2. The molecule has 3 aromatic rings. The number of anilines is 2. The molecule has 0 spiro atoms. The summed E-state index contributed by atoms with van der Waals surface area (Å²) in [5, 5.41) is 2.85. The number of rotatable bonds is 3. The summed E-state index contributed by atoms with van der Waals surface area (Å²) < 4.78 is 0. The molecule has 4 rings (SSSR count). The summed E-state index contributed by atoms with van der Waals surface area (Å²) in [6.45, 7) is 0. The first-order valence-corrected chi connectivity index (χ1v) is 8.31. The molecule has 126 valence electrons. The number of hydrogen-bond acceptors (Lipinski definition) is 2. The van der Waals surface area contributed by atoms with Gasteiger partial charge in [-0.05, 0) is 35.9 Å². The van der Waals surface area contributed by atoms with Gasteiger partial charge < -0.3 is 0 Å². The van der Waals surface area contributed by atoms with Crippen LogP contribution >= 0.6 is 0 Å². The van der Waals surface area contributed by atoms with E-state index in [1.54, 1.807) is 6.08 Å². The molecule has 3 aromatic carbocycles. The molecule has 1 fully saturated rings. The molecular weight excluding hydrogens is 324 g/mol. The molecule has 2 amide bonds. The third-order valence-electron chi connectivity index (χ3n) is 4.16. The Labute approximate surface area is 151 Å². The highest BCUT2D eigenvalue weighted by molar-refractivity contribution is 6.38. The first-order valence-electron chi connectivity index (χ1n) is 8.31. The second-order valence-electron chi connectivity index (χ2n) is 5.87. The summed E-state index contributed by atoms with van der Waals surface area (Å²) in [6.07, 6.45) is 1.64. The van der Waals surface area contributed by atoms with Gasteiger partial charge >= 0.3 is 0 Å². The molecule has 0 aliphatic carbocycles. The first-order chi connectivity index (χ1) is 12.8. The fourth-order valence-corrected chi connectivity index (χ4v) is 2.94. The van der Waals surface area contributed by atoms with E-state index >= 15 is 0 Å². The monoisotopic (exact) mass is 340 g/mol. The zero-order valence-electron chi connectivity index (χ0n) is 13.9. The van der Waals surface area contributed by atoms with Gasteiger partial charge in [0.2, 0.25) is 0 Å². The van der Waals surface area contributed by atoms with Crippen molar-refractivity contribution in [3.63, 3.8) is 0 Å².